The minimum Gasteiger partial charge on any atom is -0.279 e. The summed E-state index contributed by atoms with van der Waals surface area (Å²) in [6, 6.07) is 3.13. The van der Waals surface area contributed by atoms with Gasteiger partial charge < -0.3 is 0 Å². The number of hydrogen-bond acceptors (Lipinski definition) is 4. The molecule has 0 radical (unpaired) electrons. The maximum atomic E-state index is 12.1. The second kappa shape index (κ2) is 4.98. The van der Waals surface area contributed by atoms with E-state index in [0.29, 0.717) is 0 Å². The van der Waals surface area contributed by atoms with Crippen LogP contribution in [0.2, 0.25) is 0 Å². The van der Waals surface area contributed by atoms with Crippen LogP contribution in [0.5, 0.6) is 0 Å². The van der Waals surface area contributed by atoms with Gasteiger partial charge in [-0.25, -0.2) is 16.8 Å². The summed E-state index contributed by atoms with van der Waals surface area (Å²) in [6.45, 7) is 1.36. The van der Waals surface area contributed by atoms with E-state index in [1.165, 1.54) is 6.92 Å². The predicted molar refractivity (Wildman–Crippen MR) is 62.8 cm³/mol. The smallest absolute Gasteiger partial charge is 0.279 e. The standard InChI is InChI=1S/C8H8ClF2NO4S2/c1-5-4-6(17(9,13)14)2-3-7(5)12-18(15,16)8(10)11/h2-4,8,12H,1H3. The van der Waals surface area contributed by atoms with Crippen LogP contribution in [0.15, 0.2) is 23.1 Å². The topological polar surface area (TPSA) is 80.3 Å². The fraction of sp³-hybridized carbons (Fsp3) is 0.250. The van der Waals surface area contributed by atoms with Crippen LogP contribution in [-0.2, 0) is 19.1 Å². The van der Waals surface area contributed by atoms with E-state index in [1.807, 2.05) is 0 Å². The van der Waals surface area contributed by atoms with Gasteiger partial charge in [0.15, 0.2) is 0 Å². The van der Waals surface area contributed by atoms with E-state index in [2.05, 4.69) is 0 Å². The van der Waals surface area contributed by atoms with Crippen LogP contribution in [0.25, 0.3) is 0 Å². The van der Waals surface area contributed by atoms with Crippen molar-refractivity contribution in [3.8, 4) is 0 Å². The summed E-state index contributed by atoms with van der Waals surface area (Å²) in [5, 5.41) is 0. The van der Waals surface area contributed by atoms with Crippen LogP contribution in [0.1, 0.15) is 5.56 Å². The molecule has 0 saturated heterocycles. The van der Waals surface area contributed by atoms with Gasteiger partial charge in [-0.3, -0.25) is 4.72 Å². The van der Waals surface area contributed by atoms with Crippen LogP contribution in [0.4, 0.5) is 14.5 Å². The van der Waals surface area contributed by atoms with Gasteiger partial charge in [-0.1, -0.05) is 0 Å². The lowest BCUT2D eigenvalue weighted by molar-refractivity contribution is 0.236. The van der Waals surface area contributed by atoms with Crippen LogP contribution in [0, 0.1) is 6.92 Å². The molecule has 0 heterocycles. The van der Waals surface area contributed by atoms with E-state index in [1.54, 1.807) is 4.72 Å². The van der Waals surface area contributed by atoms with Crippen LogP contribution >= 0.6 is 10.7 Å². The normalized spacial score (nSPS) is 12.7. The molecule has 0 aliphatic rings. The van der Waals surface area contributed by atoms with E-state index in [4.69, 9.17) is 10.7 Å². The minimum atomic E-state index is -4.79. The molecule has 0 aromatic heterocycles. The second-order valence-corrected chi connectivity index (χ2v) is 7.54. The van der Waals surface area contributed by atoms with Gasteiger partial charge >= 0.3 is 5.76 Å². The highest BCUT2D eigenvalue weighted by molar-refractivity contribution is 8.13. The monoisotopic (exact) mass is 319 g/mol. The van der Waals surface area contributed by atoms with E-state index >= 15 is 0 Å². The van der Waals surface area contributed by atoms with E-state index in [-0.39, 0.29) is 16.1 Å². The van der Waals surface area contributed by atoms with Gasteiger partial charge in [-0.2, -0.15) is 8.78 Å². The highest BCUT2D eigenvalue weighted by Crippen LogP contribution is 2.23. The first-order valence-electron chi connectivity index (χ1n) is 4.39. The predicted octanol–water partition coefficient (Wildman–Crippen LogP) is 1.89. The van der Waals surface area contributed by atoms with Gasteiger partial charge in [0.1, 0.15) is 0 Å². The number of hydrogen-bond donors (Lipinski definition) is 1. The molecule has 0 aliphatic carbocycles. The third kappa shape index (κ3) is 3.53. The third-order valence-electron chi connectivity index (χ3n) is 1.97. The Morgan fingerprint density at radius 3 is 2.17 bits per heavy atom. The number of alkyl halides is 2. The first-order chi connectivity index (χ1) is 8.04. The molecule has 10 heteroatoms. The van der Waals surface area contributed by atoms with Gasteiger partial charge in [-0.15, -0.1) is 0 Å². The maximum Gasteiger partial charge on any atom is 0.355 e. The number of aryl methyl sites for hydroxylation is 1. The molecule has 0 saturated carbocycles. The van der Waals surface area contributed by atoms with Gasteiger partial charge in [0.25, 0.3) is 19.1 Å². The van der Waals surface area contributed by atoms with Crippen LogP contribution in [-0.4, -0.2) is 22.6 Å². The Labute approximate surface area is 107 Å². The highest BCUT2D eigenvalue weighted by atomic mass is 35.7. The van der Waals surface area contributed by atoms with Crippen molar-refractivity contribution < 1.29 is 25.6 Å². The van der Waals surface area contributed by atoms with Gasteiger partial charge in [0, 0.05) is 10.7 Å². The molecule has 1 rings (SSSR count). The number of halogens is 3. The molecule has 0 atom stereocenters. The highest BCUT2D eigenvalue weighted by Gasteiger charge is 2.24. The zero-order chi connectivity index (χ0) is 14.1. The Bertz CT molecular complexity index is 658. The molecule has 0 spiro atoms. The zero-order valence-corrected chi connectivity index (χ0v) is 11.3. The quantitative estimate of drug-likeness (QED) is 0.859. The Hall–Kier alpha value is -0.930. The van der Waals surface area contributed by atoms with Crippen molar-refractivity contribution in [2.45, 2.75) is 17.6 Å². The van der Waals surface area contributed by atoms with Gasteiger partial charge in [-0.05, 0) is 30.7 Å². The molecule has 18 heavy (non-hydrogen) atoms. The SMILES string of the molecule is Cc1cc(S(=O)(=O)Cl)ccc1NS(=O)(=O)C(F)F. The zero-order valence-electron chi connectivity index (χ0n) is 8.89. The van der Waals surface area contributed by atoms with Crippen molar-refractivity contribution in [1.82, 2.24) is 0 Å². The third-order valence-corrected chi connectivity index (χ3v) is 4.29. The summed E-state index contributed by atoms with van der Waals surface area (Å²) in [7, 11) is -3.66. The molecular formula is C8H8ClF2NO4S2. The molecule has 102 valence electrons. The van der Waals surface area contributed by atoms with Gasteiger partial charge in [0.05, 0.1) is 10.6 Å². The van der Waals surface area contributed by atoms with Crippen molar-refractivity contribution in [3.05, 3.63) is 23.8 Å². The molecule has 5 nitrogen and oxygen atoms in total. The van der Waals surface area contributed by atoms with E-state index in [9.17, 15) is 25.6 Å². The van der Waals surface area contributed by atoms with E-state index < -0.39 is 24.8 Å². The van der Waals surface area contributed by atoms with Crippen LogP contribution < -0.4 is 4.72 Å². The molecule has 0 fully saturated rings. The molecule has 0 amide bonds. The minimum absolute atomic E-state index is 0.139. The second-order valence-electron chi connectivity index (χ2n) is 3.32. The summed E-state index contributed by atoms with van der Waals surface area (Å²) >= 11 is 0. The number of rotatable bonds is 4. The Morgan fingerprint density at radius 2 is 1.78 bits per heavy atom. The Balaban J connectivity index is 3.16. The summed E-state index contributed by atoms with van der Waals surface area (Å²) < 4.78 is 69.8. The summed E-state index contributed by atoms with van der Waals surface area (Å²) in [4.78, 5) is -0.248. The largest absolute Gasteiger partial charge is 0.355 e. The van der Waals surface area contributed by atoms with Crippen molar-refractivity contribution >= 4 is 35.4 Å². The summed E-state index contributed by atoms with van der Waals surface area (Å²) in [6.07, 6.45) is 0. The average molecular weight is 320 g/mol. The molecule has 0 unspecified atom stereocenters. The molecule has 0 aliphatic heterocycles. The average Bonchev–Trinajstić information content (AvgIpc) is 2.19. The molecule has 1 N–H and O–H groups in total. The van der Waals surface area contributed by atoms with E-state index in [0.717, 1.165) is 18.2 Å². The lowest BCUT2D eigenvalue weighted by Gasteiger charge is -2.10. The van der Waals surface area contributed by atoms with Gasteiger partial charge in [0.2, 0.25) is 0 Å². The molecule has 1 aromatic carbocycles. The van der Waals surface area contributed by atoms with Crippen molar-refractivity contribution in [3.63, 3.8) is 0 Å². The molecule has 1 aromatic rings. The lowest BCUT2D eigenvalue weighted by Crippen LogP contribution is -2.21. The summed E-state index contributed by atoms with van der Waals surface area (Å²) in [5.41, 5.74) is 0.0142. The van der Waals surface area contributed by atoms with Crippen molar-refractivity contribution in [2.75, 3.05) is 4.72 Å². The molecule has 0 bridgehead atoms. The maximum absolute atomic E-state index is 12.1. The van der Waals surface area contributed by atoms with Crippen molar-refractivity contribution in [2.24, 2.45) is 0 Å². The Morgan fingerprint density at radius 1 is 1.22 bits per heavy atom. The van der Waals surface area contributed by atoms with Crippen LogP contribution in [0.3, 0.4) is 0 Å². The lowest BCUT2D eigenvalue weighted by atomic mass is 10.2. The fourth-order valence-electron chi connectivity index (χ4n) is 1.10. The first-order valence-corrected chi connectivity index (χ1v) is 8.25. The number of anilines is 1. The molecular weight excluding hydrogens is 312 g/mol. The number of benzene rings is 1. The Kier molecular flexibility index (Phi) is 4.19. The fourth-order valence-corrected chi connectivity index (χ4v) is 2.56. The van der Waals surface area contributed by atoms with Crippen molar-refractivity contribution in [1.29, 1.82) is 0 Å². The number of sulfonamides is 1. The first kappa shape index (κ1) is 15.1. The summed E-state index contributed by atoms with van der Waals surface area (Å²) in [5.74, 6) is -3.58. The number of nitrogens with one attached hydrogen (secondary N) is 1.